The second-order valence-electron chi connectivity index (χ2n) is 10.9. The van der Waals surface area contributed by atoms with E-state index in [4.69, 9.17) is 14.2 Å². The first-order chi connectivity index (χ1) is 17.1. The van der Waals surface area contributed by atoms with Crippen LogP contribution in [0.25, 0.3) is 0 Å². The van der Waals surface area contributed by atoms with E-state index in [0.29, 0.717) is 19.4 Å². The molecule has 1 aromatic rings. The second kappa shape index (κ2) is 14.4. The summed E-state index contributed by atoms with van der Waals surface area (Å²) in [5.74, 6) is -1.06. The molecule has 1 N–H and O–H groups in total. The van der Waals surface area contributed by atoms with Gasteiger partial charge in [0.15, 0.2) is 0 Å². The molecule has 0 aliphatic heterocycles. The van der Waals surface area contributed by atoms with Crippen LogP contribution in [0, 0.1) is 11.3 Å². The lowest BCUT2D eigenvalue weighted by Crippen LogP contribution is -2.48. The second-order valence-corrected chi connectivity index (χ2v) is 10.9. The van der Waals surface area contributed by atoms with Crippen LogP contribution in [0.4, 0.5) is 0 Å². The van der Waals surface area contributed by atoms with Crippen LogP contribution >= 0.6 is 0 Å². The Kier molecular flexibility index (Phi) is 11.9. The van der Waals surface area contributed by atoms with E-state index in [1.54, 1.807) is 6.92 Å². The van der Waals surface area contributed by atoms with Crippen LogP contribution in [0.2, 0.25) is 0 Å². The zero-order valence-corrected chi connectivity index (χ0v) is 22.8. The van der Waals surface area contributed by atoms with E-state index in [-0.39, 0.29) is 43.4 Å². The molecule has 0 saturated heterocycles. The number of hydrogen-bond acceptors (Lipinski definition) is 6. The molecule has 1 fully saturated rings. The van der Waals surface area contributed by atoms with Crippen molar-refractivity contribution in [1.82, 2.24) is 5.32 Å². The highest BCUT2D eigenvalue weighted by Crippen LogP contribution is 2.45. The molecular formula is C29H45NO6. The summed E-state index contributed by atoms with van der Waals surface area (Å²) in [4.78, 5) is 39.0. The van der Waals surface area contributed by atoms with Crippen LogP contribution in [0.3, 0.4) is 0 Å². The molecule has 1 aliphatic rings. The van der Waals surface area contributed by atoms with Crippen LogP contribution in [0.1, 0.15) is 91.5 Å². The number of carbonyl (C=O) groups is 3. The Morgan fingerprint density at radius 3 is 2.31 bits per heavy atom. The Hall–Kier alpha value is -2.41. The van der Waals surface area contributed by atoms with Crippen LogP contribution in [-0.4, -0.2) is 42.7 Å². The van der Waals surface area contributed by atoms with Crippen molar-refractivity contribution in [3.8, 4) is 0 Å². The molecule has 0 unspecified atom stereocenters. The molecule has 202 valence electrons. The van der Waals surface area contributed by atoms with Gasteiger partial charge in [-0.05, 0) is 58.9 Å². The van der Waals surface area contributed by atoms with Gasteiger partial charge in [0.05, 0.1) is 43.6 Å². The van der Waals surface area contributed by atoms with E-state index in [0.717, 1.165) is 37.7 Å². The van der Waals surface area contributed by atoms with Crippen molar-refractivity contribution in [1.29, 1.82) is 0 Å². The van der Waals surface area contributed by atoms with Gasteiger partial charge in [-0.1, -0.05) is 56.5 Å². The zero-order chi connectivity index (χ0) is 26.6. The van der Waals surface area contributed by atoms with Gasteiger partial charge in [0.25, 0.3) is 0 Å². The molecule has 0 bridgehead atoms. The highest BCUT2D eigenvalue weighted by atomic mass is 16.6. The molecule has 1 saturated carbocycles. The lowest BCUT2D eigenvalue weighted by atomic mass is 9.75. The summed E-state index contributed by atoms with van der Waals surface area (Å²) in [6, 6.07) is 9.25. The normalized spacial score (nSPS) is 16.7. The predicted octanol–water partition coefficient (Wildman–Crippen LogP) is 5.35. The SMILES string of the molecule is CCC[C@H](CC1(C(=O)N[C@H](COCc2ccccc2)CC(=O)OCC)CCCC1)C(=O)OC(C)(C)C. The Morgan fingerprint density at radius 1 is 1.06 bits per heavy atom. The lowest BCUT2D eigenvalue weighted by molar-refractivity contribution is -0.162. The summed E-state index contributed by atoms with van der Waals surface area (Å²) in [5.41, 5.74) is -0.205. The van der Waals surface area contributed by atoms with E-state index >= 15 is 0 Å². The van der Waals surface area contributed by atoms with E-state index in [9.17, 15) is 14.4 Å². The molecule has 1 aromatic carbocycles. The van der Waals surface area contributed by atoms with Crippen LogP contribution < -0.4 is 5.32 Å². The highest BCUT2D eigenvalue weighted by Gasteiger charge is 2.45. The van der Waals surface area contributed by atoms with Crippen molar-refractivity contribution in [3.63, 3.8) is 0 Å². The first kappa shape index (κ1) is 29.8. The van der Waals surface area contributed by atoms with Gasteiger partial charge in [0.1, 0.15) is 5.60 Å². The fourth-order valence-corrected chi connectivity index (χ4v) is 4.89. The largest absolute Gasteiger partial charge is 0.466 e. The summed E-state index contributed by atoms with van der Waals surface area (Å²) in [5, 5.41) is 3.09. The highest BCUT2D eigenvalue weighted by molar-refractivity contribution is 5.85. The third-order valence-electron chi connectivity index (χ3n) is 6.54. The molecule has 1 amide bonds. The number of esters is 2. The molecule has 0 aromatic heterocycles. The maximum atomic E-state index is 13.7. The molecule has 0 radical (unpaired) electrons. The number of amides is 1. The molecule has 0 heterocycles. The number of ether oxygens (including phenoxy) is 3. The van der Waals surface area contributed by atoms with Gasteiger partial charge in [0.2, 0.25) is 5.91 Å². The van der Waals surface area contributed by atoms with Gasteiger partial charge in [0, 0.05) is 0 Å². The first-order valence-corrected chi connectivity index (χ1v) is 13.4. The Bertz CT molecular complexity index is 826. The maximum Gasteiger partial charge on any atom is 0.309 e. The molecule has 7 nitrogen and oxygen atoms in total. The molecule has 36 heavy (non-hydrogen) atoms. The molecule has 7 heteroatoms. The minimum Gasteiger partial charge on any atom is -0.466 e. The van der Waals surface area contributed by atoms with E-state index in [1.807, 2.05) is 58.0 Å². The number of carbonyl (C=O) groups excluding carboxylic acids is 3. The van der Waals surface area contributed by atoms with Crippen molar-refractivity contribution in [3.05, 3.63) is 35.9 Å². The summed E-state index contributed by atoms with van der Waals surface area (Å²) in [6.45, 7) is 10.2. The van der Waals surface area contributed by atoms with Crippen molar-refractivity contribution in [2.45, 2.75) is 104 Å². The predicted molar refractivity (Wildman–Crippen MR) is 139 cm³/mol. The maximum absolute atomic E-state index is 13.7. The fraction of sp³-hybridized carbons (Fsp3) is 0.690. The van der Waals surface area contributed by atoms with Crippen molar-refractivity contribution >= 4 is 17.8 Å². The average molecular weight is 504 g/mol. The summed E-state index contributed by atoms with van der Waals surface area (Å²) < 4.78 is 16.7. The van der Waals surface area contributed by atoms with E-state index in [2.05, 4.69) is 5.32 Å². The van der Waals surface area contributed by atoms with Gasteiger partial charge in [-0.3, -0.25) is 14.4 Å². The molecule has 1 aliphatic carbocycles. The number of hydrogen-bond donors (Lipinski definition) is 1. The van der Waals surface area contributed by atoms with Crippen molar-refractivity contribution in [2.24, 2.45) is 11.3 Å². The number of rotatable bonds is 14. The van der Waals surface area contributed by atoms with Gasteiger partial charge >= 0.3 is 11.9 Å². The van der Waals surface area contributed by atoms with E-state index < -0.39 is 17.1 Å². The monoisotopic (exact) mass is 503 g/mol. The lowest BCUT2D eigenvalue weighted by Gasteiger charge is -2.34. The van der Waals surface area contributed by atoms with Crippen LogP contribution in [0.5, 0.6) is 0 Å². The Morgan fingerprint density at radius 2 is 1.72 bits per heavy atom. The summed E-state index contributed by atoms with van der Waals surface area (Å²) in [6.07, 6.45) is 5.32. The summed E-state index contributed by atoms with van der Waals surface area (Å²) in [7, 11) is 0. The van der Waals surface area contributed by atoms with E-state index in [1.165, 1.54) is 0 Å². The van der Waals surface area contributed by atoms with Crippen molar-refractivity contribution < 1.29 is 28.6 Å². The average Bonchev–Trinajstić information content (AvgIpc) is 3.28. The Balaban J connectivity index is 2.12. The molecular weight excluding hydrogens is 458 g/mol. The third-order valence-corrected chi connectivity index (χ3v) is 6.54. The zero-order valence-electron chi connectivity index (χ0n) is 22.8. The van der Waals surface area contributed by atoms with Crippen LogP contribution in [0.15, 0.2) is 30.3 Å². The van der Waals surface area contributed by atoms with Gasteiger partial charge in [-0.2, -0.15) is 0 Å². The standard InChI is InChI=1S/C29H45NO6/c1-6-13-23(26(32)36-28(3,4)5)19-29(16-11-12-17-29)27(33)30-24(18-25(31)35-7-2)21-34-20-22-14-9-8-10-15-22/h8-10,14-15,23-24H,6-7,11-13,16-21H2,1-5H3,(H,30,33)/t23-,24+/m1/s1. The topological polar surface area (TPSA) is 90.9 Å². The summed E-state index contributed by atoms with van der Waals surface area (Å²) >= 11 is 0. The fourth-order valence-electron chi connectivity index (χ4n) is 4.89. The molecule has 0 spiro atoms. The smallest absolute Gasteiger partial charge is 0.309 e. The van der Waals surface area contributed by atoms with Gasteiger partial charge in [-0.25, -0.2) is 0 Å². The van der Waals surface area contributed by atoms with Crippen molar-refractivity contribution in [2.75, 3.05) is 13.2 Å². The minimum absolute atomic E-state index is 0.0366. The van der Waals surface area contributed by atoms with Crippen LogP contribution in [-0.2, 0) is 35.2 Å². The number of nitrogens with one attached hydrogen (secondary N) is 1. The minimum atomic E-state index is -0.650. The van der Waals surface area contributed by atoms with Gasteiger partial charge < -0.3 is 19.5 Å². The van der Waals surface area contributed by atoms with Gasteiger partial charge in [-0.15, -0.1) is 0 Å². The first-order valence-electron chi connectivity index (χ1n) is 13.4. The third kappa shape index (κ3) is 9.92. The quantitative estimate of drug-likeness (QED) is 0.344. The molecule has 2 atom stereocenters. The number of benzene rings is 1. The molecule has 2 rings (SSSR count). The Labute approximate surface area is 216 Å².